The number of benzene rings is 1. The van der Waals surface area contributed by atoms with Crippen LogP contribution >= 0.6 is 0 Å². The van der Waals surface area contributed by atoms with E-state index in [1.165, 1.54) is 0 Å². The molecular formula is C12H9N3O2. The van der Waals surface area contributed by atoms with Crippen molar-refractivity contribution in [1.29, 1.82) is 0 Å². The average Bonchev–Trinajstić information content (AvgIpc) is 2.95. The molecule has 1 aliphatic heterocycles. The zero-order chi connectivity index (χ0) is 11.8. The van der Waals surface area contributed by atoms with Crippen molar-refractivity contribution in [2.24, 2.45) is 15.4 Å². The van der Waals surface area contributed by atoms with E-state index in [2.05, 4.69) is 15.4 Å². The molecule has 0 atom stereocenters. The number of carbonyl (C=O) groups excluding carboxylic acids is 1. The third-order valence-electron chi connectivity index (χ3n) is 2.68. The van der Waals surface area contributed by atoms with Crippen LogP contribution in [0.1, 0.15) is 22.8 Å². The lowest BCUT2D eigenvalue weighted by Gasteiger charge is -2.04. The summed E-state index contributed by atoms with van der Waals surface area (Å²) >= 11 is 0. The van der Waals surface area contributed by atoms with Gasteiger partial charge in [-0.05, 0) is 23.4 Å². The van der Waals surface area contributed by atoms with Crippen LogP contribution < -0.4 is 10.6 Å². The highest BCUT2D eigenvalue weighted by molar-refractivity contribution is 5.93. The van der Waals surface area contributed by atoms with E-state index in [0.717, 1.165) is 16.5 Å². The molecule has 0 amide bonds. The number of carbonyl (C=O) groups is 1. The van der Waals surface area contributed by atoms with Crippen molar-refractivity contribution in [2.45, 2.75) is 6.92 Å². The Kier molecular flexibility index (Phi) is 2.11. The molecule has 0 fully saturated rings. The van der Waals surface area contributed by atoms with Crippen LogP contribution in [0.4, 0.5) is 5.69 Å². The van der Waals surface area contributed by atoms with E-state index in [0.29, 0.717) is 17.5 Å². The van der Waals surface area contributed by atoms with Crippen molar-refractivity contribution in [2.75, 3.05) is 6.61 Å². The van der Waals surface area contributed by atoms with E-state index in [1.807, 2.05) is 18.2 Å². The van der Waals surface area contributed by atoms with Crippen LogP contribution in [0.3, 0.4) is 0 Å². The van der Waals surface area contributed by atoms with Crippen molar-refractivity contribution in [3.05, 3.63) is 33.8 Å². The molecule has 0 N–H and O–H groups in total. The second-order valence-electron chi connectivity index (χ2n) is 3.65. The number of rotatable bonds is 2. The predicted molar refractivity (Wildman–Crippen MR) is 61.2 cm³/mol. The molecule has 5 heteroatoms. The maximum atomic E-state index is 11.8. The van der Waals surface area contributed by atoms with Gasteiger partial charge in [0.25, 0.3) is 0 Å². The molecule has 1 aromatic carbocycles. The third-order valence-corrected chi connectivity index (χ3v) is 2.68. The maximum absolute atomic E-state index is 11.8. The molecular weight excluding hydrogens is 218 g/mol. The Bertz CT molecular complexity index is 687. The fraction of sp³-hybridized carbons (Fsp3) is 0.167. The molecule has 84 valence electrons. The van der Waals surface area contributed by atoms with Crippen molar-refractivity contribution in [1.82, 2.24) is 0 Å². The molecule has 17 heavy (non-hydrogen) atoms. The van der Waals surface area contributed by atoms with E-state index in [4.69, 9.17) is 4.74 Å². The van der Waals surface area contributed by atoms with Gasteiger partial charge in [-0.3, -0.25) is 0 Å². The van der Waals surface area contributed by atoms with Crippen LogP contribution in [0, 0.1) is 0 Å². The lowest BCUT2D eigenvalue weighted by molar-refractivity contribution is 0.0525. The molecule has 3 rings (SSSR count). The molecule has 2 aliphatic rings. The van der Waals surface area contributed by atoms with Crippen molar-refractivity contribution < 1.29 is 9.53 Å². The molecule has 0 saturated carbocycles. The molecule has 0 spiro atoms. The molecule has 0 aromatic heterocycles. The minimum Gasteiger partial charge on any atom is -0.462 e. The summed E-state index contributed by atoms with van der Waals surface area (Å²) in [5, 5.41) is 12.9. The highest BCUT2D eigenvalue weighted by Crippen LogP contribution is 2.20. The van der Waals surface area contributed by atoms with Crippen molar-refractivity contribution in [3.8, 4) is 0 Å². The average molecular weight is 227 g/mol. The Morgan fingerprint density at radius 2 is 2.35 bits per heavy atom. The summed E-state index contributed by atoms with van der Waals surface area (Å²) in [6, 6.07) is 1.68. The molecule has 0 bridgehead atoms. The predicted octanol–water partition coefficient (Wildman–Crippen LogP) is 1.30. The summed E-state index contributed by atoms with van der Waals surface area (Å²) in [6.07, 6.45) is 5.65. The topological polar surface area (TPSA) is 63.4 Å². The summed E-state index contributed by atoms with van der Waals surface area (Å²) in [5.74, 6) is -0.339. The van der Waals surface area contributed by atoms with E-state index >= 15 is 0 Å². The van der Waals surface area contributed by atoms with Gasteiger partial charge < -0.3 is 4.74 Å². The van der Waals surface area contributed by atoms with Crippen LogP contribution in [0.2, 0.25) is 0 Å². The van der Waals surface area contributed by atoms with Crippen LogP contribution in [-0.2, 0) is 4.74 Å². The van der Waals surface area contributed by atoms with Crippen molar-refractivity contribution in [3.63, 3.8) is 0 Å². The zero-order valence-electron chi connectivity index (χ0n) is 9.17. The molecule has 0 saturated heterocycles. The van der Waals surface area contributed by atoms with Gasteiger partial charge >= 0.3 is 5.97 Å². The number of esters is 1. The standard InChI is InChI=1S/C12H9N3O2/c1-2-17-12(16)9-6-10-11(14-15-13-10)8-5-3-4-7(8)9/h3-6H,2H2,1H3. The van der Waals surface area contributed by atoms with Gasteiger partial charge in [0, 0.05) is 5.56 Å². The number of nitrogens with zero attached hydrogens (tertiary/aromatic N) is 3. The van der Waals surface area contributed by atoms with Crippen LogP contribution in [-0.4, -0.2) is 12.6 Å². The smallest absolute Gasteiger partial charge is 0.338 e. The summed E-state index contributed by atoms with van der Waals surface area (Å²) < 4.78 is 5.02. The fourth-order valence-corrected chi connectivity index (χ4v) is 1.96. The first-order valence-electron chi connectivity index (χ1n) is 5.32. The van der Waals surface area contributed by atoms with E-state index in [1.54, 1.807) is 13.0 Å². The Morgan fingerprint density at radius 3 is 3.18 bits per heavy atom. The summed E-state index contributed by atoms with van der Waals surface area (Å²) in [5.41, 5.74) is 2.12. The molecule has 1 heterocycles. The van der Waals surface area contributed by atoms with E-state index < -0.39 is 0 Å². The van der Waals surface area contributed by atoms with Crippen LogP contribution in [0.25, 0.3) is 12.2 Å². The Balaban J connectivity index is 2.27. The minimum absolute atomic E-state index is 0.339. The summed E-state index contributed by atoms with van der Waals surface area (Å²) in [6.45, 7) is 2.13. The van der Waals surface area contributed by atoms with Gasteiger partial charge in [-0.15, -0.1) is 10.2 Å². The number of allylic oxidation sites excluding steroid dienone is 1. The SMILES string of the molecule is CCOC(=O)c1cc2c(c3c1=CC=C3)N=NN=2. The number of hydrogen-bond acceptors (Lipinski definition) is 5. The highest BCUT2D eigenvalue weighted by Gasteiger charge is 2.18. The van der Waals surface area contributed by atoms with E-state index in [9.17, 15) is 4.79 Å². The second kappa shape index (κ2) is 3.62. The zero-order valence-corrected chi connectivity index (χ0v) is 9.17. The van der Waals surface area contributed by atoms with E-state index in [-0.39, 0.29) is 5.97 Å². The lowest BCUT2D eigenvalue weighted by Crippen LogP contribution is -2.23. The Morgan fingerprint density at radius 1 is 1.47 bits per heavy atom. The number of fused-ring (bicyclic) bond motifs is 3. The first-order valence-corrected chi connectivity index (χ1v) is 5.32. The molecule has 0 unspecified atom stereocenters. The van der Waals surface area contributed by atoms with Crippen molar-refractivity contribution >= 4 is 23.8 Å². The molecule has 5 nitrogen and oxygen atoms in total. The van der Waals surface area contributed by atoms with Gasteiger partial charge in [0.2, 0.25) is 0 Å². The molecule has 1 aromatic rings. The number of ether oxygens (including phenoxy) is 1. The monoisotopic (exact) mass is 227 g/mol. The third kappa shape index (κ3) is 1.39. The second-order valence-corrected chi connectivity index (χ2v) is 3.65. The number of hydrogen-bond donors (Lipinski definition) is 0. The highest BCUT2D eigenvalue weighted by atomic mass is 16.5. The van der Waals surface area contributed by atoms with Gasteiger partial charge in [-0.2, -0.15) is 0 Å². The summed E-state index contributed by atoms with van der Waals surface area (Å²) in [7, 11) is 0. The minimum atomic E-state index is -0.339. The molecule has 1 aliphatic carbocycles. The maximum Gasteiger partial charge on any atom is 0.338 e. The molecule has 0 radical (unpaired) electrons. The van der Waals surface area contributed by atoms with Crippen LogP contribution in [0.15, 0.2) is 27.6 Å². The summed E-state index contributed by atoms with van der Waals surface area (Å²) in [4.78, 5) is 11.8. The van der Waals surface area contributed by atoms with Gasteiger partial charge in [-0.1, -0.05) is 18.2 Å². The largest absolute Gasteiger partial charge is 0.462 e. The van der Waals surface area contributed by atoms with Crippen LogP contribution in [0.5, 0.6) is 0 Å². The van der Waals surface area contributed by atoms with Gasteiger partial charge in [0.1, 0.15) is 11.0 Å². The fourth-order valence-electron chi connectivity index (χ4n) is 1.96. The van der Waals surface area contributed by atoms with Gasteiger partial charge in [0.15, 0.2) is 0 Å². The first kappa shape index (κ1) is 9.89. The Hall–Kier alpha value is -2.30. The quantitative estimate of drug-likeness (QED) is 0.715. The first-order chi connectivity index (χ1) is 8.31. The normalized spacial score (nSPS) is 13.9. The van der Waals surface area contributed by atoms with Gasteiger partial charge in [0.05, 0.1) is 12.2 Å². The Labute approximate surface area is 96.8 Å². The lowest BCUT2D eigenvalue weighted by atomic mass is 10.1. The van der Waals surface area contributed by atoms with Gasteiger partial charge in [-0.25, -0.2) is 4.79 Å².